The molecule has 2 aromatic rings. The van der Waals surface area contributed by atoms with Crippen molar-refractivity contribution >= 4 is 17.4 Å². The number of carbonyl (C=O) groups excluding carboxylic acids is 1. The highest BCUT2D eigenvalue weighted by Gasteiger charge is 2.28. The predicted octanol–water partition coefficient (Wildman–Crippen LogP) is 3.84. The molecule has 0 fully saturated rings. The summed E-state index contributed by atoms with van der Waals surface area (Å²) in [6.45, 7) is 4.36. The predicted molar refractivity (Wildman–Crippen MR) is 104 cm³/mol. The number of nitrogens with one attached hydrogen (secondary N) is 1. The van der Waals surface area contributed by atoms with Gasteiger partial charge in [-0.2, -0.15) is 0 Å². The Labute approximate surface area is 158 Å². The molecule has 1 aliphatic heterocycles. The van der Waals surface area contributed by atoms with Crippen LogP contribution >= 0.6 is 0 Å². The van der Waals surface area contributed by atoms with Gasteiger partial charge in [-0.1, -0.05) is 6.07 Å². The van der Waals surface area contributed by atoms with E-state index in [1.54, 1.807) is 17.0 Å². The minimum atomic E-state index is -0.258. The Balaban J connectivity index is 1.91. The third-order valence-electron chi connectivity index (χ3n) is 4.33. The lowest BCUT2D eigenvalue weighted by Gasteiger charge is -2.33. The molecular formula is C20H24N2O5. The quantitative estimate of drug-likeness (QED) is 0.883. The molecule has 0 spiro atoms. The Bertz CT molecular complexity index is 827. The molecule has 1 atom stereocenters. The van der Waals surface area contributed by atoms with Crippen LogP contribution in [0.2, 0.25) is 0 Å². The SMILES string of the molecule is COc1cc(NC(=O)N2C[C@@H](C)Oc3ccc(C)cc32)cc(OC)c1OC. The smallest absolute Gasteiger partial charge is 0.326 e. The summed E-state index contributed by atoms with van der Waals surface area (Å²) in [6.07, 6.45) is -0.106. The molecule has 1 heterocycles. The van der Waals surface area contributed by atoms with Crippen molar-refractivity contribution in [1.82, 2.24) is 0 Å². The Morgan fingerprint density at radius 3 is 2.37 bits per heavy atom. The van der Waals surface area contributed by atoms with E-state index in [2.05, 4.69) is 5.32 Å². The summed E-state index contributed by atoms with van der Waals surface area (Å²) in [5.74, 6) is 2.11. The zero-order valence-electron chi connectivity index (χ0n) is 16.2. The number of ether oxygens (including phenoxy) is 4. The minimum Gasteiger partial charge on any atom is -0.493 e. The van der Waals surface area contributed by atoms with Crippen molar-refractivity contribution in [1.29, 1.82) is 0 Å². The maximum Gasteiger partial charge on any atom is 0.326 e. The first kappa shape index (κ1) is 18.7. The molecule has 3 rings (SSSR count). The van der Waals surface area contributed by atoms with E-state index in [0.717, 1.165) is 11.3 Å². The van der Waals surface area contributed by atoms with Crippen LogP contribution in [-0.4, -0.2) is 40.0 Å². The summed E-state index contributed by atoms with van der Waals surface area (Å²) < 4.78 is 21.9. The maximum atomic E-state index is 13.0. The number of methoxy groups -OCH3 is 3. The molecule has 0 aliphatic carbocycles. The Hall–Kier alpha value is -3.09. The van der Waals surface area contributed by atoms with E-state index in [-0.39, 0.29) is 12.1 Å². The summed E-state index contributed by atoms with van der Waals surface area (Å²) in [4.78, 5) is 14.7. The lowest BCUT2D eigenvalue weighted by molar-refractivity contribution is 0.208. The van der Waals surface area contributed by atoms with Crippen LogP contribution < -0.4 is 29.2 Å². The number of fused-ring (bicyclic) bond motifs is 1. The Morgan fingerprint density at radius 1 is 1.11 bits per heavy atom. The van der Waals surface area contributed by atoms with Gasteiger partial charge in [0.1, 0.15) is 11.9 Å². The van der Waals surface area contributed by atoms with E-state index in [9.17, 15) is 4.79 Å². The molecule has 0 saturated heterocycles. The standard InChI is InChI=1S/C20H24N2O5/c1-12-6-7-16-15(8-12)22(11-13(2)27-16)20(23)21-14-9-17(24-3)19(26-5)18(10-14)25-4/h6-10,13H,11H2,1-5H3,(H,21,23)/t13-/m1/s1. The second-order valence-corrected chi connectivity index (χ2v) is 6.35. The zero-order valence-corrected chi connectivity index (χ0v) is 16.2. The molecule has 0 bridgehead atoms. The van der Waals surface area contributed by atoms with Crippen LogP contribution in [0.25, 0.3) is 0 Å². The van der Waals surface area contributed by atoms with Crippen LogP contribution in [0.1, 0.15) is 12.5 Å². The van der Waals surface area contributed by atoms with Crippen LogP contribution in [0.5, 0.6) is 23.0 Å². The number of hydrogen-bond donors (Lipinski definition) is 1. The molecule has 1 aliphatic rings. The van der Waals surface area contributed by atoms with Crippen molar-refractivity contribution in [2.75, 3.05) is 38.1 Å². The number of amides is 2. The van der Waals surface area contributed by atoms with Gasteiger partial charge in [0.05, 0.1) is 39.2 Å². The normalized spacial score (nSPS) is 15.4. The van der Waals surface area contributed by atoms with Crippen molar-refractivity contribution in [3.8, 4) is 23.0 Å². The van der Waals surface area contributed by atoms with Crippen LogP contribution in [0, 0.1) is 6.92 Å². The molecule has 27 heavy (non-hydrogen) atoms. The topological polar surface area (TPSA) is 69.3 Å². The van der Waals surface area contributed by atoms with Crippen molar-refractivity contribution in [3.63, 3.8) is 0 Å². The molecule has 0 unspecified atom stereocenters. The molecule has 7 nitrogen and oxygen atoms in total. The highest BCUT2D eigenvalue weighted by atomic mass is 16.5. The van der Waals surface area contributed by atoms with E-state index >= 15 is 0 Å². The molecule has 1 N–H and O–H groups in total. The van der Waals surface area contributed by atoms with Gasteiger partial charge in [0.15, 0.2) is 11.5 Å². The number of nitrogens with zero attached hydrogens (tertiary/aromatic N) is 1. The third kappa shape index (κ3) is 3.72. The van der Waals surface area contributed by atoms with E-state index in [0.29, 0.717) is 35.2 Å². The van der Waals surface area contributed by atoms with E-state index in [4.69, 9.17) is 18.9 Å². The number of urea groups is 1. The molecule has 2 aromatic carbocycles. The first-order valence-electron chi connectivity index (χ1n) is 8.62. The molecule has 144 valence electrons. The molecule has 2 amide bonds. The number of benzene rings is 2. The Morgan fingerprint density at radius 2 is 1.78 bits per heavy atom. The minimum absolute atomic E-state index is 0.106. The van der Waals surface area contributed by atoms with E-state index in [1.807, 2.05) is 32.0 Å². The van der Waals surface area contributed by atoms with Crippen LogP contribution in [0.3, 0.4) is 0 Å². The van der Waals surface area contributed by atoms with Gasteiger partial charge in [-0.3, -0.25) is 4.90 Å². The summed E-state index contributed by atoms with van der Waals surface area (Å²) >= 11 is 0. The van der Waals surface area contributed by atoms with Gasteiger partial charge in [0.2, 0.25) is 5.75 Å². The van der Waals surface area contributed by atoms with Gasteiger partial charge < -0.3 is 24.3 Å². The second kappa shape index (κ2) is 7.65. The fourth-order valence-corrected chi connectivity index (χ4v) is 3.08. The summed E-state index contributed by atoms with van der Waals surface area (Å²) in [7, 11) is 4.60. The maximum absolute atomic E-state index is 13.0. The molecule has 7 heteroatoms. The van der Waals surface area contributed by atoms with E-state index in [1.165, 1.54) is 21.3 Å². The van der Waals surface area contributed by atoms with Gasteiger partial charge in [0.25, 0.3) is 0 Å². The summed E-state index contributed by atoms with van der Waals surface area (Å²) in [5.41, 5.74) is 2.35. The number of rotatable bonds is 4. The third-order valence-corrected chi connectivity index (χ3v) is 4.33. The van der Waals surface area contributed by atoms with E-state index < -0.39 is 0 Å². The molecule has 0 aromatic heterocycles. The Kier molecular flexibility index (Phi) is 5.30. The number of anilines is 2. The average Bonchev–Trinajstić information content (AvgIpc) is 2.66. The fourth-order valence-electron chi connectivity index (χ4n) is 3.08. The van der Waals surface area contributed by atoms with Crippen LogP contribution in [-0.2, 0) is 0 Å². The highest BCUT2D eigenvalue weighted by Crippen LogP contribution is 2.40. The largest absolute Gasteiger partial charge is 0.493 e. The molecule has 0 saturated carbocycles. The van der Waals surface area contributed by atoms with Gasteiger partial charge in [-0.15, -0.1) is 0 Å². The lowest BCUT2D eigenvalue weighted by Crippen LogP contribution is -2.44. The van der Waals surface area contributed by atoms with Gasteiger partial charge >= 0.3 is 6.03 Å². The van der Waals surface area contributed by atoms with Gasteiger partial charge in [-0.05, 0) is 31.5 Å². The monoisotopic (exact) mass is 372 g/mol. The summed E-state index contributed by atoms with van der Waals surface area (Å²) in [6, 6.07) is 8.93. The number of hydrogen-bond acceptors (Lipinski definition) is 5. The molecular weight excluding hydrogens is 348 g/mol. The van der Waals surface area contributed by atoms with Crippen LogP contribution in [0.15, 0.2) is 30.3 Å². The van der Waals surface area contributed by atoms with Crippen molar-refractivity contribution in [2.45, 2.75) is 20.0 Å². The van der Waals surface area contributed by atoms with Gasteiger partial charge in [0, 0.05) is 12.1 Å². The van der Waals surface area contributed by atoms with Crippen molar-refractivity contribution in [3.05, 3.63) is 35.9 Å². The highest BCUT2D eigenvalue weighted by molar-refractivity contribution is 6.03. The summed E-state index contributed by atoms with van der Waals surface area (Å²) in [5, 5.41) is 2.91. The second-order valence-electron chi connectivity index (χ2n) is 6.35. The van der Waals surface area contributed by atoms with Crippen LogP contribution in [0.4, 0.5) is 16.2 Å². The first-order chi connectivity index (χ1) is 13.0. The first-order valence-corrected chi connectivity index (χ1v) is 8.62. The average molecular weight is 372 g/mol. The number of aryl methyl sites for hydroxylation is 1. The van der Waals surface area contributed by atoms with Gasteiger partial charge in [-0.25, -0.2) is 4.79 Å². The number of carbonyl (C=O) groups is 1. The fraction of sp³-hybridized carbons (Fsp3) is 0.350. The van der Waals surface area contributed by atoms with Crippen molar-refractivity contribution in [2.24, 2.45) is 0 Å². The zero-order chi connectivity index (χ0) is 19.6. The van der Waals surface area contributed by atoms with Crippen molar-refractivity contribution < 1.29 is 23.7 Å². The lowest BCUT2D eigenvalue weighted by atomic mass is 10.1. The molecule has 0 radical (unpaired) electrons.